The molecule has 0 spiro atoms. The van der Waals surface area contributed by atoms with Crippen molar-refractivity contribution >= 4 is 75.9 Å². The van der Waals surface area contributed by atoms with E-state index in [1.54, 1.807) is 0 Å². The lowest BCUT2D eigenvalue weighted by molar-refractivity contribution is 1.16. The number of fused-ring (bicyclic) bond motifs is 12. The van der Waals surface area contributed by atoms with Crippen molar-refractivity contribution in [2.75, 3.05) is 0 Å². The van der Waals surface area contributed by atoms with Gasteiger partial charge in [-0.15, -0.1) is 0 Å². The molecule has 0 aliphatic rings. The monoisotopic (exact) mass is 864 g/mol. The van der Waals surface area contributed by atoms with Crippen molar-refractivity contribution in [2.45, 2.75) is 0 Å². The van der Waals surface area contributed by atoms with Gasteiger partial charge in [0.1, 0.15) is 0 Å². The van der Waals surface area contributed by atoms with Gasteiger partial charge in [-0.1, -0.05) is 182 Å². The third-order valence-electron chi connectivity index (χ3n) is 13.9. The van der Waals surface area contributed by atoms with Crippen LogP contribution in [0.2, 0.25) is 0 Å². The molecule has 0 saturated heterocycles. The third kappa shape index (κ3) is 6.01. The molecule has 3 aromatic heterocycles. The second-order valence-electron chi connectivity index (χ2n) is 17.7. The molecule has 316 valence electrons. The van der Waals surface area contributed by atoms with Crippen LogP contribution in [0.15, 0.2) is 243 Å². The highest BCUT2D eigenvalue weighted by atomic mass is 15.0. The maximum Gasteiger partial charge on any atom is 0.160 e. The number of nitrogens with zero attached hydrogens (tertiary/aromatic N) is 4. The number of hydrogen-bond acceptors (Lipinski definition) is 2. The van der Waals surface area contributed by atoms with Gasteiger partial charge in [-0.3, -0.25) is 0 Å². The van der Waals surface area contributed by atoms with E-state index < -0.39 is 0 Å². The maximum atomic E-state index is 5.18. The normalized spacial score (nSPS) is 11.8. The van der Waals surface area contributed by atoms with E-state index in [0.29, 0.717) is 5.82 Å². The van der Waals surface area contributed by atoms with Crippen LogP contribution in [-0.2, 0) is 0 Å². The predicted molar refractivity (Wildman–Crippen MR) is 285 cm³/mol. The van der Waals surface area contributed by atoms with Gasteiger partial charge in [-0.2, -0.15) is 0 Å². The molecule has 68 heavy (non-hydrogen) atoms. The largest absolute Gasteiger partial charge is 0.309 e. The first-order valence-electron chi connectivity index (χ1n) is 23.2. The summed E-state index contributed by atoms with van der Waals surface area (Å²) in [5.74, 6) is 0.687. The molecule has 14 rings (SSSR count). The minimum absolute atomic E-state index is 0.687. The molecule has 3 heterocycles. The fraction of sp³-hybridized carbons (Fsp3) is 0. The molecule has 0 amide bonds. The molecule has 11 aromatic carbocycles. The van der Waals surface area contributed by atoms with Crippen LogP contribution in [-0.4, -0.2) is 19.1 Å². The quantitative estimate of drug-likeness (QED) is 0.156. The van der Waals surface area contributed by atoms with E-state index in [-0.39, 0.29) is 0 Å². The van der Waals surface area contributed by atoms with Crippen molar-refractivity contribution in [1.82, 2.24) is 19.1 Å². The van der Waals surface area contributed by atoms with E-state index in [0.717, 1.165) is 56.0 Å². The Labute approximate surface area is 392 Å². The summed E-state index contributed by atoms with van der Waals surface area (Å²) >= 11 is 0. The molecular formula is C64H40N4. The van der Waals surface area contributed by atoms with Gasteiger partial charge in [0.15, 0.2) is 5.82 Å². The van der Waals surface area contributed by atoms with Crippen molar-refractivity contribution in [3.05, 3.63) is 243 Å². The first kappa shape index (κ1) is 38.2. The SMILES string of the molecule is c1ccc(-c2cc(-c3ccccc3)nc(-c3cccc(-n4c5ccccc5c5ccc(-c6ccc7c(c6)c6ccccc6n7-c6ccc7c8ccccc8c8ccccc8c7c6)cc54)c3)n2)cc1. The zero-order valence-corrected chi connectivity index (χ0v) is 36.9. The van der Waals surface area contributed by atoms with Crippen molar-refractivity contribution in [3.8, 4) is 56.4 Å². The van der Waals surface area contributed by atoms with Gasteiger partial charge in [-0.05, 0) is 104 Å². The van der Waals surface area contributed by atoms with Crippen LogP contribution in [0.4, 0.5) is 0 Å². The summed E-state index contributed by atoms with van der Waals surface area (Å²) in [4.78, 5) is 10.4. The second-order valence-corrected chi connectivity index (χ2v) is 17.7. The van der Waals surface area contributed by atoms with Crippen molar-refractivity contribution in [3.63, 3.8) is 0 Å². The summed E-state index contributed by atoms with van der Waals surface area (Å²) in [6.45, 7) is 0. The molecule has 4 nitrogen and oxygen atoms in total. The van der Waals surface area contributed by atoms with Crippen LogP contribution in [0.1, 0.15) is 0 Å². The maximum absolute atomic E-state index is 5.18. The average molecular weight is 865 g/mol. The number of benzene rings is 11. The van der Waals surface area contributed by atoms with Crippen molar-refractivity contribution in [2.24, 2.45) is 0 Å². The molecule has 0 unspecified atom stereocenters. The standard InChI is InChI=1S/C64H40N4/c1-3-16-41(17-4-1)58-40-59(42-18-5-2-6-19-42)66-64(65-58)45-20-15-21-46(36-45)68-60-28-13-11-26-53(60)55-33-30-44(38-63(55)68)43-31-35-62-57(37-43)54-27-12-14-29-61(54)67(62)47-32-34-52-50-24-8-7-22-48(50)49-23-9-10-25-51(49)56(52)39-47/h1-40H. The van der Waals surface area contributed by atoms with Gasteiger partial charge in [0.05, 0.1) is 33.5 Å². The fourth-order valence-corrected chi connectivity index (χ4v) is 10.8. The highest BCUT2D eigenvalue weighted by Crippen LogP contribution is 2.41. The zero-order valence-electron chi connectivity index (χ0n) is 36.9. The van der Waals surface area contributed by atoms with Crippen LogP contribution in [0.5, 0.6) is 0 Å². The summed E-state index contributed by atoms with van der Waals surface area (Å²) in [7, 11) is 0. The summed E-state index contributed by atoms with van der Waals surface area (Å²) in [6, 6.07) is 87.6. The Morgan fingerprint density at radius 3 is 1.31 bits per heavy atom. The lowest BCUT2D eigenvalue weighted by atomic mass is 9.94. The van der Waals surface area contributed by atoms with Gasteiger partial charge >= 0.3 is 0 Å². The van der Waals surface area contributed by atoms with Gasteiger partial charge in [0.2, 0.25) is 0 Å². The van der Waals surface area contributed by atoms with Crippen LogP contribution >= 0.6 is 0 Å². The number of para-hydroxylation sites is 2. The number of rotatable bonds is 6. The molecule has 0 atom stereocenters. The summed E-state index contributed by atoms with van der Waals surface area (Å²) in [6.07, 6.45) is 0. The van der Waals surface area contributed by atoms with E-state index in [1.807, 2.05) is 12.1 Å². The lowest BCUT2D eigenvalue weighted by Gasteiger charge is -2.14. The topological polar surface area (TPSA) is 35.6 Å². The summed E-state index contributed by atoms with van der Waals surface area (Å²) < 4.78 is 4.84. The molecule has 0 aliphatic carbocycles. The van der Waals surface area contributed by atoms with Crippen LogP contribution in [0, 0.1) is 0 Å². The Morgan fingerprint density at radius 2 is 0.662 bits per heavy atom. The van der Waals surface area contributed by atoms with Crippen LogP contribution in [0.3, 0.4) is 0 Å². The number of aromatic nitrogens is 4. The van der Waals surface area contributed by atoms with Crippen LogP contribution < -0.4 is 0 Å². The average Bonchev–Trinajstić information content (AvgIpc) is 3.93. The first-order valence-corrected chi connectivity index (χ1v) is 23.2. The van der Waals surface area contributed by atoms with Gasteiger partial charge in [-0.25, -0.2) is 9.97 Å². The van der Waals surface area contributed by atoms with Gasteiger partial charge in [0, 0.05) is 49.6 Å². The summed E-state index contributed by atoms with van der Waals surface area (Å²) in [5, 5.41) is 12.5. The molecular weight excluding hydrogens is 825 g/mol. The molecule has 0 N–H and O–H groups in total. The van der Waals surface area contributed by atoms with Crippen molar-refractivity contribution < 1.29 is 0 Å². The minimum Gasteiger partial charge on any atom is -0.309 e. The van der Waals surface area contributed by atoms with E-state index >= 15 is 0 Å². The van der Waals surface area contributed by atoms with Crippen LogP contribution in [0.25, 0.3) is 132 Å². The van der Waals surface area contributed by atoms with Gasteiger partial charge < -0.3 is 9.13 Å². The molecule has 14 aromatic rings. The first-order chi connectivity index (χ1) is 33.7. The molecule has 0 saturated carbocycles. The predicted octanol–water partition coefficient (Wildman–Crippen LogP) is 16.8. The van der Waals surface area contributed by atoms with Crippen molar-refractivity contribution in [1.29, 1.82) is 0 Å². The Bertz CT molecular complexity index is 4220. The Hall–Kier alpha value is -9.12. The van der Waals surface area contributed by atoms with E-state index in [2.05, 4.69) is 240 Å². The molecule has 0 aliphatic heterocycles. The highest BCUT2D eigenvalue weighted by molar-refractivity contribution is 6.25. The molecule has 0 fully saturated rings. The Balaban J connectivity index is 0.915. The zero-order chi connectivity index (χ0) is 44.7. The van der Waals surface area contributed by atoms with Gasteiger partial charge in [0.25, 0.3) is 0 Å². The lowest BCUT2D eigenvalue weighted by Crippen LogP contribution is -1.98. The van der Waals surface area contributed by atoms with E-state index in [1.165, 1.54) is 70.5 Å². The summed E-state index contributed by atoms with van der Waals surface area (Å²) in [5.41, 5.74) is 14.0. The van der Waals surface area contributed by atoms with E-state index in [4.69, 9.17) is 9.97 Å². The van der Waals surface area contributed by atoms with E-state index in [9.17, 15) is 0 Å². The smallest absolute Gasteiger partial charge is 0.160 e. The molecule has 4 heteroatoms. The Morgan fingerprint density at radius 1 is 0.221 bits per heavy atom. The Kier molecular flexibility index (Phi) is 8.55. The highest BCUT2D eigenvalue weighted by Gasteiger charge is 2.19. The minimum atomic E-state index is 0.687. The fourth-order valence-electron chi connectivity index (χ4n) is 10.8. The molecule has 0 bridgehead atoms. The second kappa shape index (κ2) is 15.2. The number of hydrogen-bond donors (Lipinski definition) is 0. The third-order valence-corrected chi connectivity index (χ3v) is 13.9. The molecule has 0 radical (unpaired) electrons.